The summed E-state index contributed by atoms with van der Waals surface area (Å²) in [6.07, 6.45) is 0. The number of thioether (sulfide) groups is 1. The van der Waals surface area contributed by atoms with Crippen LogP contribution in [-0.4, -0.2) is 41.1 Å². The number of urea groups is 1. The molecule has 2 aromatic rings. The number of carbonyl (C=O) groups is 1. The smallest absolute Gasteiger partial charge is 0.314 e. The first-order valence-electron chi connectivity index (χ1n) is 8.19. The lowest BCUT2D eigenvalue weighted by Gasteiger charge is -2.17. The Morgan fingerprint density at radius 3 is 2.58 bits per heavy atom. The Labute approximate surface area is 148 Å². The van der Waals surface area contributed by atoms with Crippen molar-refractivity contribution in [1.82, 2.24) is 15.6 Å². The summed E-state index contributed by atoms with van der Waals surface area (Å²) in [5.74, 6) is 1.73. The van der Waals surface area contributed by atoms with Gasteiger partial charge in [0.25, 0.3) is 0 Å². The van der Waals surface area contributed by atoms with E-state index in [0.717, 1.165) is 22.5 Å². The summed E-state index contributed by atoms with van der Waals surface area (Å²) in [7, 11) is 0. The zero-order chi connectivity index (χ0) is 17.4. The van der Waals surface area contributed by atoms with Gasteiger partial charge in [0.05, 0.1) is 5.52 Å². The van der Waals surface area contributed by atoms with Crippen molar-refractivity contribution < 1.29 is 4.79 Å². The number of benzene rings is 1. The van der Waals surface area contributed by atoms with E-state index >= 15 is 0 Å². The van der Waals surface area contributed by atoms with Gasteiger partial charge in [-0.1, -0.05) is 39.0 Å². The predicted molar refractivity (Wildman–Crippen MR) is 104 cm³/mol. The summed E-state index contributed by atoms with van der Waals surface area (Å²) in [4.78, 5) is 16.2. The summed E-state index contributed by atoms with van der Waals surface area (Å²) in [6, 6.07) is 11.9. The fourth-order valence-corrected chi connectivity index (χ4v) is 2.93. The van der Waals surface area contributed by atoms with Crippen LogP contribution in [-0.2, 0) is 0 Å². The van der Waals surface area contributed by atoms with E-state index in [4.69, 9.17) is 0 Å². The second-order valence-corrected chi connectivity index (χ2v) is 8.38. The third-order valence-corrected chi connectivity index (χ3v) is 4.51. The molecule has 0 aliphatic heterocycles. The van der Waals surface area contributed by atoms with Crippen LogP contribution < -0.4 is 16.0 Å². The van der Waals surface area contributed by atoms with E-state index in [1.165, 1.54) is 0 Å². The molecule has 3 N–H and O–H groups in total. The third kappa shape index (κ3) is 6.66. The second kappa shape index (κ2) is 8.78. The zero-order valence-electron chi connectivity index (χ0n) is 14.6. The molecule has 130 valence electrons. The van der Waals surface area contributed by atoms with Crippen LogP contribution in [0.25, 0.3) is 10.9 Å². The molecule has 1 aromatic heterocycles. The number of rotatable bonds is 7. The van der Waals surface area contributed by atoms with Gasteiger partial charge >= 0.3 is 6.03 Å². The largest absolute Gasteiger partial charge is 0.368 e. The van der Waals surface area contributed by atoms with E-state index in [2.05, 4.69) is 41.7 Å². The maximum Gasteiger partial charge on any atom is 0.314 e. The lowest BCUT2D eigenvalue weighted by molar-refractivity contribution is 0.242. The van der Waals surface area contributed by atoms with E-state index in [0.29, 0.717) is 19.6 Å². The highest BCUT2D eigenvalue weighted by Gasteiger charge is 2.09. The first kappa shape index (κ1) is 18.4. The van der Waals surface area contributed by atoms with E-state index in [9.17, 15) is 4.79 Å². The van der Waals surface area contributed by atoms with Crippen LogP contribution in [0, 0.1) is 0 Å². The summed E-state index contributed by atoms with van der Waals surface area (Å²) in [6.45, 7) is 8.37. The number of fused-ring (bicyclic) bond motifs is 1. The molecule has 0 aliphatic carbocycles. The number of hydrogen-bond donors (Lipinski definition) is 3. The second-order valence-electron chi connectivity index (χ2n) is 6.46. The average molecular weight is 347 g/mol. The van der Waals surface area contributed by atoms with Crippen molar-refractivity contribution in [3.63, 3.8) is 0 Å². The summed E-state index contributed by atoms with van der Waals surface area (Å²) < 4.78 is 0.231. The molecule has 24 heavy (non-hydrogen) atoms. The zero-order valence-corrected chi connectivity index (χ0v) is 15.4. The molecular formula is C18H26N4OS. The molecule has 0 spiro atoms. The molecule has 2 amide bonds. The molecule has 0 saturated heterocycles. The van der Waals surface area contributed by atoms with Crippen molar-refractivity contribution in [3.05, 3.63) is 36.4 Å². The molecule has 1 aromatic carbocycles. The van der Waals surface area contributed by atoms with Crippen molar-refractivity contribution in [2.24, 2.45) is 0 Å². The number of anilines is 1. The SMILES string of the molecule is CC(C)(C)SCCNC(=O)NCCNc1ccc2ccccc2n1. The average Bonchev–Trinajstić information content (AvgIpc) is 2.54. The first-order chi connectivity index (χ1) is 11.4. The maximum absolute atomic E-state index is 11.7. The number of nitrogens with one attached hydrogen (secondary N) is 3. The van der Waals surface area contributed by atoms with Crippen LogP contribution in [0.2, 0.25) is 0 Å². The van der Waals surface area contributed by atoms with Crippen LogP contribution in [0.5, 0.6) is 0 Å². The van der Waals surface area contributed by atoms with Crippen LogP contribution in [0.1, 0.15) is 20.8 Å². The molecule has 2 rings (SSSR count). The molecule has 6 heteroatoms. The highest BCUT2D eigenvalue weighted by Crippen LogP contribution is 2.21. The molecule has 0 bridgehead atoms. The number of nitrogens with zero attached hydrogens (tertiary/aromatic N) is 1. The number of amides is 2. The molecular weight excluding hydrogens is 320 g/mol. The van der Waals surface area contributed by atoms with Gasteiger partial charge in [0, 0.05) is 35.5 Å². The van der Waals surface area contributed by atoms with E-state index < -0.39 is 0 Å². The first-order valence-corrected chi connectivity index (χ1v) is 9.18. The number of pyridine rings is 1. The topological polar surface area (TPSA) is 66.1 Å². The quantitative estimate of drug-likeness (QED) is 0.672. The Morgan fingerprint density at radius 1 is 1.04 bits per heavy atom. The highest BCUT2D eigenvalue weighted by atomic mass is 32.2. The van der Waals surface area contributed by atoms with Crippen LogP contribution in [0.4, 0.5) is 10.6 Å². The lowest BCUT2D eigenvalue weighted by Crippen LogP contribution is -2.39. The van der Waals surface area contributed by atoms with Crippen molar-refractivity contribution in [1.29, 1.82) is 0 Å². The van der Waals surface area contributed by atoms with Gasteiger partial charge < -0.3 is 16.0 Å². The Balaban J connectivity index is 1.62. The minimum Gasteiger partial charge on any atom is -0.368 e. The molecule has 0 fully saturated rings. The predicted octanol–water partition coefficient (Wildman–Crippen LogP) is 3.48. The van der Waals surface area contributed by atoms with Gasteiger partial charge in [0.2, 0.25) is 0 Å². The van der Waals surface area contributed by atoms with Crippen LogP contribution in [0.3, 0.4) is 0 Å². The van der Waals surface area contributed by atoms with Gasteiger partial charge in [0.1, 0.15) is 5.82 Å². The molecule has 5 nitrogen and oxygen atoms in total. The molecule has 0 saturated carbocycles. The highest BCUT2D eigenvalue weighted by molar-refractivity contribution is 8.00. The third-order valence-electron chi connectivity index (χ3n) is 3.24. The molecule has 0 aliphatic rings. The van der Waals surface area contributed by atoms with E-state index in [-0.39, 0.29) is 10.8 Å². The van der Waals surface area contributed by atoms with Gasteiger partial charge in [-0.2, -0.15) is 11.8 Å². The standard InChI is InChI=1S/C18H26N4OS/c1-18(2,3)24-13-12-21-17(23)20-11-10-19-16-9-8-14-6-4-5-7-15(14)22-16/h4-9H,10-13H2,1-3H3,(H,19,22)(H2,20,21,23). The molecule has 1 heterocycles. The fraction of sp³-hybridized carbons (Fsp3) is 0.444. The Kier molecular flexibility index (Phi) is 6.73. The molecule has 0 atom stereocenters. The lowest BCUT2D eigenvalue weighted by atomic mass is 10.2. The summed E-state index contributed by atoms with van der Waals surface area (Å²) >= 11 is 1.84. The van der Waals surface area contributed by atoms with E-state index in [1.54, 1.807) is 0 Å². The number of aromatic nitrogens is 1. The minimum atomic E-state index is -0.127. The Hall–Kier alpha value is -1.95. The van der Waals surface area contributed by atoms with Gasteiger partial charge in [-0.15, -0.1) is 0 Å². The van der Waals surface area contributed by atoms with Crippen molar-refractivity contribution in [2.75, 3.05) is 30.7 Å². The maximum atomic E-state index is 11.7. The van der Waals surface area contributed by atoms with E-state index in [1.807, 2.05) is 48.2 Å². The van der Waals surface area contributed by atoms with Gasteiger partial charge in [-0.25, -0.2) is 9.78 Å². The van der Waals surface area contributed by atoms with Crippen LogP contribution in [0.15, 0.2) is 36.4 Å². The summed E-state index contributed by atoms with van der Waals surface area (Å²) in [5.41, 5.74) is 0.963. The van der Waals surface area contributed by atoms with Gasteiger partial charge in [-0.05, 0) is 18.2 Å². The monoisotopic (exact) mass is 346 g/mol. The van der Waals surface area contributed by atoms with Gasteiger partial charge in [0.15, 0.2) is 0 Å². The number of para-hydroxylation sites is 1. The Morgan fingerprint density at radius 2 is 1.79 bits per heavy atom. The normalized spacial score (nSPS) is 11.3. The summed E-state index contributed by atoms with van der Waals surface area (Å²) in [5, 5.41) is 10.0. The van der Waals surface area contributed by atoms with Crippen molar-refractivity contribution >= 4 is 34.5 Å². The van der Waals surface area contributed by atoms with Gasteiger partial charge in [-0.3, -0.25) is 0 Å². The minimum absolute atomic E-state index is 0.127. The van der Waals surface area contributed by atoms with Crippen molar-refractivity contribution in [2.45, 2.75) is 25.5 Å². The number of carbonyl (C=O) groups excluding carboxylic acids is 1. The fourth-order valence-electron chi connectivity index (χ4n) is 2.12. The molecule has 0 unspecified atom stereocenters. The van der Waals surface area contributed by atoms with Crippen LogP contribution >= 0.6 is 11.8 Å². The Bertz CT molecular complexity index is 669. The molecule has 0 radical (unpaired) electrons. The number of hydrogen-bond acceptors (Lipinski definition) is 4. The van der Waals surface area contributed by atoms with Crippen molar-refractivity contribution in [3.8, 4) is 0 Å².